The molecular weight excluding hydrogens is 302 g/mol. The number of hydrogen-bond acceptors (Lipinski definition) is 4. The molecule has 0 bridgehead atoms. The molecular formula is C19H29N3O2. The Labute approximate surface area is 145 Å². The summed E-state index contributed by atoms with van der Waals surface area (Å²) in [5.41, 5.74) is 1.33. The Morgan fingerprint density at radius 1 is 1.38 bits per heavy atom. The molecule has 1 aromatic carbocycles. The van der Waals surface area contributed by atoms with Gasteiger partial charge in [0, 0.05) is 38.8 Å². The minimum Gasteiger partial charge on any atom is -0.375 e. The monoisotopic (exact) mass is 331 g/mol. The van der Waals surface area contributed by atoms with E-state index in [-0.39, 0.29) is 12.0 Å². The van der Waals surface area contributed by atoms with Crippen LogP contribution in [0.5, 0.6) is 0 Å². The van der Waals surface area contributed by atoms with E-state index in [0.717, 1.165) is 39.2 Å². The van der Waals surface area contributed by atoms with E-state index in [4.69, 9.17) is 4.74 Å². The lowest BCUT2D eigenvalue weighted by Gasteiger charge is -2.33. The van der Waals surface area contributed by atoms with Crippen LogP contribution in [-0.2, 0) is 16.1 Å². The van der Waals surface area contributed by atoms with Crippen molar-refractivity contribution < 1.29 is 9.53 Å². The molecule has 1 heterocycles. The fourth-order valence-corrected chi connectivity index (χ4v) is 2.73. The number of likely N-dealkylation sites (N-methyl/N-ethyl adjacent to an activating group) is 1. The zero-order chi connectivity index (χ0) is 17.2. The summed E-state index contributed by atoms with van der Waals surface area (Å²) in [6, 6.07) is 10.5. The van der Waals surface area contributed by atoms with Gasteiger partial charge in [0.2, 0.25) is 5.91 Å². The highest BCUT2D eigenvalue weighted by molar-refractivity contribution is 5.87. The number of amides is 1. The largest absolute Gasteiger partial charge is 0.375 e. The minimum absolute atomic E-state index is 0.0335. The van der Waals surface area contributed by atoms with Gasteiger partial charge in [0.15, 0.2) is 0 Å². The van der Waals surface area contributed by atoms with Gasteiger partial charge in [0.1, 0.15) is 0 Å². The first-order valence-corrected chi connectivity index (χ1v) is 8.60. The molecule has 0 aliphatic carbocycles. The second-order valence-electron chi connectivity index (χ2n) is 6.46. The normalized spacial score (nSPS) is 19.0. The van der Waals surface area contributed by atoms with Gasteiger partial charge in [0.25, 0.3) is 0 Å². The fraction of sp³-hybridized carbons (Fsp3) is 0.526. The van der Waals surface area contributed by atoms with Crippen LogP contribution < -0.4 is 5.32 Å². The molecule has 2 rings (SSSR count). The van der Waals surface area contributed by atoms with E-state index in [1.54, 1.807) is 6.08 Å². The molecule has 5 heteroatoms. The van der Waals surface area contributed by atoms with E-state index in [1.807, 2.05) is 31.1 Å². The first kappa shape index (κ1) is 18.6. The maximum atomic E-state index is 11.7. The van der Waals surface area contributed by atoms with Crippen LogP contribution in [0.15, 0.2) is 42.5 Å². The van der Waals surface area contributed by atoms with Crippen molar-refractivity contribution in [3.05, 3.63) is 48.0 Å². The third kappa shape index (κ3) is 7.25. The smallest absolute Gasteiger partial charge is 0.243 e. The van der Waals surface area contributed by atoms with E-state index in [9.17, 15) is 4.79 Å². The lowest BCUT2D eigenvalue weighted by Crippen LogP contribution is -2.43. The minimum atomic E-state index is -0.0335. The Morgan fingerprint density at radius 3 is 2.92 bits per heavy atom. The Morgan fingerprint density at radius 2 is 2.17 bits per heavy atom. The number of nitrogens with one attached hydrogen (secondary N) is 1. The van der Waals surface area contributed by atoms with Crippen molar-refractivity contribution in [3.8, 4) is 0 Å². The van der Waals surface area contributed by atoms with Gasteiger partial charge in [0.05, 0.1) is 12.7 Å². The van der Waals surface area contributed by atoms with Gasteiger partial charge >= 0.3 is 0 Å². The summed E-state index contributed by atoms with van der Waals surface area (Å²) in [5.74, 6) is -0.0335. The first-order valence-electron chi connectivity index (χ1n) is 8.60. The fourth-order valence-electron chi connectivity index (χ4n) is 2.73. The summed E-state index contributed by atoms with van der Waals surface area (Å²) in [6.07, 6.45) is 4.50. The zero-order valence-electron chi connectivity index (χ0n) is 14.8. The number of carbonyl (C=O) groups is 1. The summed E-state index contributed by atoms with van der Waals surface area (Å²) in [4.78, 5) is 16.1. The lowest BCUT2D eigenvalue weighted by atomic mass is 10.1. The van der Waals surface area contributed by atoms with Gasteiger partial charge in [-0.05, 0) is 26.1 Å². The van der Waals surface area contributed by atoms with Crippen LogP contribution >= 0.6 is 0 Å². The van der Waals surface area contributed by atoms with E-state index >= 15 is 0 Å². The number of benzene rings is 1. The van der Waals surface area contributed by atoms with Gasteiger partial charge in [-0.3, -0.25) is 9.69 Å². The number of rotatable bonds is 8. The van der Waals surface area contributed by atoms with Crippen molar-refractivity contribution in [1.29, 1.82) is 0 Å². The van der Waals surface area contributed by atoms with Crippen LogP contribution in [0, 0.1) is 0 Å². The summed E-state index contributed by atoms with van der Waals surface area (Å²) in [7, 11) is 3.95. The van der Waals surface area contributed by atoms with Crippen molar-refractivity contribution in [2.45, 2.75) is 19.1 Å². The number of nitrogens with zero attached hydrogens (tertiary/aromatic N) is 2. The van der Waals surface area contributed by atoms with Crippen molar-refractivity contribution in [2.75, 3.05) is 46.9 Å². The number of ether oxygens (including phenoxy) is 1. The summed E-state index contributed by atoms with van der Waals surface area (Å²) < 4.78 is 5.82. The molecule has 1 aliphatic heterocycles. The number of hydrogen-bond donors (Lipinski definition) is 1. The molecule has 1 atom stereocenters. The van der Waals surface area contributed by atoms with Crippen molar-refractivity contribution in [1.82, 2.24) is 15.1 Å². The second kappa shape index (κ2) is 10.2. The van der Waals surface area contributed by atoms with Crippen molar-refractivity contribution in [3.63, 3.8) is 0 Å². The summed E-state index contributed by atoms with van der Waals surface area (Å²) in [5, 5.41) is 2.93. The van der Waals surface area contributed by atoms with Gasteiger partial charge < -0.3 is 15.0 Å². The van der Waals surface area contributed by atoms with Crippen LogP contribution in [0.25, 0.3) is 0 Å². The summed E-state index contributed by atoms with van der Waals surface area (Å²) in [6.45, 7) is 5.02. The molecule has 0 saturated carbocycles. The van der Waals surface area contributed by atoms with Crippen LogP contribution in [0.1, 0.15) is 12.0 Å². The van der Waals surface area contributed by atoms with Gasteiger partial charge in [-0.1, -0.05) is 36.4 Å². The maximum Gasteiger partial charge on any atom is 0.243 e. The first-order chi connectivity index (χ1) is 11.6. The standard InChI is InChI=1S/C19H29N3O2/c1-21(2)12-6-9-19(23)20-11-10-18-16-22(13-14-24-18)15-17-7-4-3-5-8-17/h3-9,18H,10-16H2,1-2H3,(H,20,23)/b9-6+. The highest BCUT2D eigenvalue weighted by atomic mass is 16.5. The predicted molar refractivity (Wildman–Crippen MR) is 96.8 cm³/mol. The second-order valence-corrected chi connectivity index (χ2v) is 6.46. The molecule has 1 aromatic rings. The molecule has 1 N–H and O–H groups in total. The zero-order valence-corrected chi connectivity index (χ0v) is 14.8. The van der Waals surface area contributed by atoms with Gasteiger partial charge in [-0.25, -0.2) is 0 Å². The van der Waals surface area contributed by atoms with Gasteiger partial charge in [-0.2, -0.15) is 0 Å². The van der Waals surface area contributed by atoms with E-state index in [0.29, 0.717) is 6.54 Å². The average Bonchev–Trinajstić information content (AvgIpc) is 2.56. The third-order valence-corrected chi connectivity index (χ3v) is 3.98. The predicted octanol–water partition coefficient (Wildman–Crippen LogP) is 1.51. The Balaban J connectivity index is 1.66. The van der Waals surface area contributed by atoms with E-state index < -0.39 is 0 Å². The van der Waals surface area contributed by atoms with Crippen LogP contribution in [-0.4, -0.2) is 68.7 Å². The molecule has 1 fully saturated rings. The van der Waals surface area contributed by atoms with E-state index in [2.05, 4.69) is 34.5 Å². The Kier molecular flexibility index (Phi) is 7.95. The lowest BCUT2D eigenvalue weighted by molar-refractivity contribution is -0.116. The third-order valence-electron chi connectivity index (χ3n) is 3.98. The molecule has 1 aliphatic rings. The maximum absolute atomic E-state index is 11.7. The highest BCUT2D eigenvalue weighted by Gasteiger charge is 2.20. The molecule has 132 valence electrons. The molecule has 1 unspecified atom stereocenters. The van der Waals surface area contributed by atoms with Crippen molar-refractivity contribution in [2.24, 2.45) is 0 Å². The molecule has 0 spiro atoms. The topological polar surface area (TPSA) is 44.8 Å². The van der Waals surface area contributed by atoms with Crippen LogP contribution in [0.4, 0.5) is 0 Å². The number of morpholine rings is 1. The average molecular weight is 331 g/mol. The summed E-state index contributed by atoms with van der Waals surface area (Å²) >= 11 is 0. The molecule has 24 heavy (non-hydrogen) atoms. The van der Waals surface area contributed by atoms with Crippen molar-refractivity contribution >= 4 is 5.91 Å². The highest BCUT2D eigenvalue weighted by Crippen LogP contribution is 2.12. The molecule has 0 radical (unpaired) electrons. The van der Waals surface area contributed by atoms with Crippen LogP contribution in [0.3, 0.4) is 0 Å². The van der Waals surface area contributed by atoms with Crippen LogP contribution in [0.2, 0.25) is 0 Å². The molecule has 1 amide bonds. The number of carbonyl (C=O) groups excluding carboxylic acids is 1. The van der Waals surface area contributed by atoms with Gasteiger partial charge in [-0.15, -0.1) is 0 Å². The Bertz CT molecular complexity index is 517. The quantitative estimate of drug-likeness (QED) is 0.734. The molecule has 5 nitrogen and oxygen atoms in total. The Hall–Kier alpha value is -1.69. The van der Waals surface area contributed by atoms with E-state index in [1.165, 1.54) is 5.56 Å². The molecule has 1 saturated heterocycles. The molecule has 0 aromatic heterocycles. The SMILES string of the molecule is CN(C)C/C=C/C(=O)NCCC1CN(Cc2ccccc2)CCO1.